The monoisotopic (exact) mass is 387 g/mol. The molecule has 0 bridgehead atoms. The first-order chi connectivity index (χ1) is 11.6. The molecule has 1 atom stereocenters. The smallest absolute Gasteiger partial charge is 0.265 e. The summed E-state index contributed by atoms with van der Waals surface area (Å²) >= 11 is 3.35. The van der Waals surface area contributed by atoms with Crippen molar-refractivity contribution in [1.29, 1.82) is 0 Å². The molecule has 2 N–H and O–H groups in total. The topological polar surface area (TPSA) is 71.6 Å². The lowest BCUT2D eigenvalue weighted by molar-refractivity contribution is -0.456. The van der Waals surface area contributed by atoms with Crippen molar-refractivity contribution in [3.05, 3.63) is 64.1 Å². The lowest BCUT2D eigenvalue weighted by atomic mass is 9.89. The van der Waals surface area contributed by atoms with Crippen LogP contribution in [0.3, 0.4) is 0 Å². The SMILES string of the molecule is O=C1c2ccccc2[C@@H](C=[NH+]CCO)C(=O)N1c1ccc(Br)cc1. The van der Waals surface area contributed by atoms with E-state index in [9.17, 15) is 9.59 Å². The van der Waals surface area contributed by atoms with Crippen molar-refractivity contribution in [3.63, 3.8) is 0 Å². The van der Waals surface area contributed by atoms with Gasteiger partial charge >= 0.3 is 0 Å². The van der Waals surface area contributed by atoms with Crippen LogP contribution in [0.4, 0.5) is 5.69 Å². The Morgan fingerprint density at radius 3 is 2.54 bits per heavy atom. The number of aliphatic hydroxyl groups is 1. The number of fused-ring (bicyclic) bond motifs is 1. The molecule has 3 rings (SSSR count). The van der Waals surface area contributed by atoms with Crippen LogP contribution >= 0.6 is 15.9 Å². The molecule has 2 aromatic rings. The van der Waals surface area contributed by atoms with Crippen LogP contribution in [0.25, 0.3) is 0 Å². The first kappa shape index (κ1) is 16.5. The van der Waals surface area contributed by atoms with Crippen molar-refractivity contribution in [2.24, 2.45) is 0 Å². The highest BCUT2D eigenvalue weighted by molar-refractivity contribution is 9.10. The number of benzene rings is 2. The molecule has 6 heteroatoms. The maximum absolute atomic E-state index is 12.9. The number of aliphatic hydroxyl groups excluding tert-OH is 1. The molecule has 2 amide bonds. The van der Waals surface area contributed by atoms with Gasteiger partial charge in [0.2, 0.25) is 0 Å². The standard InChI is InChI=1S/C18H15BrN2O3/c19-12-5-7-13(8-6-12)21-17(23)15-4-2-1-3-14(15)16(18(21)24)11-20-9-10-22/h1-8,11,16,22H,9-10H2/p+1/t16-/m1/s1. The molecular weight excluding hydrogens is 372 g/mol. The predicted molar refractivity (Wildman–Crippen MR) is 94.1 cm³/mol. The molecule has 1 aliphatic rings. The summed E-state index contributed by atoms with van der Waals surface area (Å²) in [5.41, 5.74) is 1.71. The second-order valence-corrected chi connectivity index (χ2v) is 6.28. The molecule has 0 aliphatic carbocycles. The van der Waals surface area contributed by atoms with E-state index < -0.39 is 5.92 Å². The van der Waals surface area contributed by atoms with Crippen LogP contribution in [0, 0.1) is 0 Å². The first-order valence-corrected chi connectivity index (χ1v) is 8.33. The fourth-order valence-corrected chi connectivity index (χ4v) is 2.98. The number of imide groups is 1. The van der Waals surface area contributed by atoms with Crippen molar-refractivity contribution in [1.82, 2.24) is 0 Å². The van der Waals surface area contributed by atoms with Crippen molar-refractivity contribution in [3.8, 4) is 0 Å². The van der Waals surface area contributed by atoms with Crippen LogP contribution < -0.4 is 9.89 Å². The van der Waals surface area contributed by atoms with Gasteiger partial charge in [-0.3, -0.25) is 9.59 Å². The summed E-state index contributed by atoms with van der Waals surface area (Å²) in [5.74, 6) is -1.23. The van der Waals surface area contributed by atoms with Gasteiger partial charge in [-0.15, -0.1) is 0 Å². The number of amides is 2. The van der Waals surface area contributed by atoms with Crippen molar-refractivity contribution >= 4 is 39.6 Å². The van der Waals surface area contributed by atoms with E-state index in [1.165, 1.54) is 4.90 Å². The van der Waals surface area contributed by atoms with E-state index in [1.807, 2.05) is 6.07 Å². The summed E-state index contributed by atoms with van der Waals surface area (Å²) in [5, 5.41) is 8.92. The fourth-order valence-electron chi connectivity index (χ4n) is 2.72. The van der Waals surface area contributed by atoms with Crippen LogP contribution in [0.15, 0.2) is 53.0 Å². The van der Waals surface area contributed by atoms with Gasteiger partial charge in [-0.05, 0) is 35.9 Å². The number of nitrogens with one attached hydrogen (secondary N) is 1. The first-order valence-electron chi connectivity index (χ1n) is 7.54. The summed E-state index contributed by atoms with van der Waals surface area (Å²) in [7, 11) is 0. The van der Waals surface area contributed by atoms with E-state index in [-0.39, 0.29) is 18.4 Å². The van der Waals surface area contributed by atoms with Crippen LogP contribution in [0.2, 0.25) is 0 Å². The van der Waals surface area contributed by atoms with Gasteiger partial charge in [0.05, 0.1) is 5.69 Å². The maximum Gasteiger partial charge on any atom is 0.265 e. The van der Waals surface area contributed by atoms with E-state index in [4.69, 9.17) is 5.11 Å². The Hall–Kier alpha value is -2.31. The Kier molecular flexibility index (Phi) is 4.87. The number of carbonyl (C=O) groups excluding carboxylic acids is 2. The number of nitrogens with zero attached hydrogens (tertiary/aromatic N) is 1. The highest BCUT2D eigenvalue weighted by Crippen LogP contribution is 2.31. The number of carbonyl (C=O) groups is 2. The minimum absolute atomic E-state index is 0.0333. The molecule has 0 fully saturated rings. The molecule has 0 unspecified atom stereocenters. The molecule has 5 nitrogen and oxygen atoms in total. The quantitative estimate of drug-likeness (QED) is 0.603. The van der Waals surface area contributed by atoms with Crippen LogP contribution in [-0.4, -0.2) is 36.3 Å². The van der Waals surface area contributed by atoms with Crippen LogP contribution in [-0.2, 0) is 4.79 Å². The Morgan fingerprint density at radius 1 is 1.12 bits per heavy atom. The minimum atomic E-state index is -0.589. The number of halogens is 1. The molecule has 0 saturated heterocycles. The number of anilines is 1. The summed E-state index contributed by atoms with van der Waals surface area (Å²) < 4.78 is 0.872. The third-order valence-corrected chi connectivity index (χ3v) is 4.37. The molecule has 0 radical (unpaired) electrons. The minimum Gasteiger partial charge on any atom is -0.390 e. The number of hydrogen-bond donors (Lipinski definition) is 2. The van der Waals surface area contributed by atoms with Crippen LogP contribution in [0.1, 0.15) is 21.8 Å². The summed E-state index contributed by atoms with van der Waals surface area (Å²) in [4.78, 5) is 29.9. The maximum atomic E-state index is 12.9. The molecule has 2 aromatic carbocycles. The summed E-state index contributed by atoms with van der Waals surface area (Å²) in [6, 6.07) is 14.1. The van der Waals surface area contributed by atoms with E-state index >= 15 is 0 Å². The molecule has 1 aliphatic heterocycles. The highest BCUT2D eigenvalue weighted by atomic mass is 79.9. The van der Waals surface area contributed by atoms with Gasteiger partial charge in [-0.1, -0.05) is 34.1 Å². The third kappa shape index (κ3) is 3.02. The molecule has 0 spiro atoms. The van der Waals surface area contributed by atoms with E-state index in [0.29, 0.717) is 23.4 Å². The normalized spacial score (nSPS) is 17.4. The molecule has 122 valence electrons. The molecule has 1 heterocycles. The summed E-state index contributed by atoms with van der Waals surface area (Å²) in [6.45, 7) is 0.312. The average molecular weight is 388 g/mol. The van der Waals surface area contributed by atoms with E-state index in [1.54, 1.807) is 48.7 Å². The van der Waals surface area contributed by atoms with Crippen molar-refractivity contribution in [2.75, 3.05) is 18.1 Å². The second-order valence-electron chi connectivity index (χ2n) is 5.36. The number of hydrogen-bond acceptors (Lipinski definition) is 3. The zero-order valence-electron chi connectivity index (χ0n) is 12.8. The Balaban J connectivity index is 2.07. The lowest BCUT2D eigenvalue weighted by Crippen LogP contribution is -2.71. The zero-order chi connectivity index (χ0) is 17.1. The fraction of sp³-hybridized carbons (Fsp3) is 0.167. The highest BCUT2D eigenvalue weighted by Gasteiger charge is 2.40. The molecule has 0 aromatic heterocycles. The molecule has 0 saturated carbocycles. The lowest BCUT2D eigenvalue weighted by Gasteiger charge is -2.30. The summed E-state index contributed by atoms with van der Waals surface area (Å²) in [6.07, 6.45) is 1.63. The molecule has 24 heavy (non-hydrogen) atoms. The van der Waals surface area contributed by atoms with Crippen molar-refractivity contribution in [2.45, 2.75) is 5.92 Å². The van der Waals surface area contributed by atoms with Crippen molar-refractivity contribution < 1.29 is 19.7 Å². The van der Waals surface area contributed by atoms with Gasteiger partial charge in [-0.2, -0.15) is 0 Å². The largest absolute Gasteiger partial charge is 0.390 e. The Bertz CT molecular complexity index is 802. The van der Waals surface area contributed by atoms with E-state index in [0.717, 1.165) is 4.47 Å². The number of rotatable bonds is 4. The van der Waals surface area contributed by atoms with E-state index in [2.05, 4.69) is 20.9 Å². The molecular formula is C18H16BrN2O3+. The van der Waals surface area contributed by atoms with Gasteiger partial charge in [0.15, 0.2) is 12.8 Å². The van der Waals surface area contributed by atoms with Gasteiger partial charge in [0.25, 0.3) is 11.8 Å². The predicted octanol–water partition coefficient (Wildman–Crippen LogP) is 0.863. The van der Waals surface area contributed by atoms with Crippen LogP contribution in [0.5, 0.6) is 0 Å². The third-order valence-electron chi connectivity index (χ3n) is 3.84. The second kappa shape index (κ2) is 7.07. The van der Waals surface area contributed by atoms with Gasteiger partial charge in [-0.25, -0.2) is 9.89 Å². The Labute approximate surface area is 147 Å². The zero-order valence-corrected chi connectivity index (χ0v) is 14.4. The van der Waals surface area contributed by atoms with Gasteiger partial charge in [0.1, 0.15) is 12.5 Å². The van der Waals surface area contributed by atoms with Gasteiger partial charge in [0, 0.05) is 10.0 Å². The van der Waals surface area contributed by atoms with Gasteiger partial charge < -0.3 is 5.11 Å². The average Bonchev–Trinajstić information content (AvgIpc) is 2.60. The Morgan fingerprint density at radius 2 is 1.83 bits per heavy atom.